The van der Waals surface area contributed by atoms with E-state index in [4.69, 9.17) is 4.74 Å². The van der Waals surface area contributed by atoms with Crippen molar-refractivity contribution >= 4 is 23.2 Å². The van der Waals surface area contributed by atoms with Gasteiger partial charge in [0.1, 0.15) is 17.9 Å². The number of benzene rings is 3. The van der Waals surface area contributed by atoms with Gasteiger partial charge in [0, 0.05) is 11.4 Å². The van der Waals surface area contributed by atoms with E-state index in [1.54, 1.807) is 24.3 Å². The molecule has 0 spiro atoms. The predicted octanol–water partition coefficient (Wildman–Crippen LogP) is 5.32. The lowest BCUT2D eigenvalue weighted by molar-refractivity contribution is -0.123. The first-order chi connectivity index (χ1) is 14.0. The lowest BCUT2D eigenvalue weighted by Gasteiger charge is -2.13. The van der Waals surface area contributed by atoms with Gasteiger partial charge in [-0.2, -0.15) is 0 Å². The quantitative estimate of drug-likeness (QED) is 0.539. The molecule has 0 aliphatic heterocycles. The number of aryl methyl sites for hydroxylation is 2. The van der Waals surface area contributed by atoms with Gasteiger partial charge in [-0.3, -0.25) is 9.59 Å². The fraction of sp³-hybridized carbons (Fsp3) is 0.167. The second-order valence-electron chi connectivity index (χ2n) is 6.68. The van der Waals surface area contributed by atoms with Gasteiger partial charge in [-0.15, -0.1) is 0 Å². The van der Waals surface area contributed by atoms with Crippen LogP contribution in [0.15, 0.2) is 72.8 Å². The number of carbonyl (C=O) groups is 2. The van der Waals surface area contributed by atoms with Crippen molar-refractivity contribution in [2.24, 2.45) is 0 Å². The molecule has 3 aromatic carbocycles. The first-order valence-corrected chi connectivity index (χ1v) is 9.56. The lowest BCUT2D eigenvalue weighted by Crippen LogP contribution is -2.22. The summed E-state index contributed by atoms with van der Waals surface area (Å²) in [5.74, 6) is 0.698. The molecule has 0 saturated carbocycles. The van der Waals surface area contributed by atoms with Crippen molar-refractivity contribution in [2.75, 3.05) is 10.6 Å². The fourth-order valence-corrected chi connectivity index (χ4v) is 2.97. The molecule has 5 heteroatoms. The van der Waals surface area contributed by atoms with Crippen LogP contribution in [0.25, 0.3) is 0 Å². The molecule has 0 aromatic heterocycles. The van der Waals surface area contributed by atoms with E-state index in [1.807, 2.05) is 62.4 Å². The maximum Gasteiger partial charge on any atom is 0.233 e. The summed E-state index contributed by atoms with van der Waals surface area (Å²) in [6.07, 6.45) is 0.556. The van der Waals surface area contributed by atoms with E-state index in [1.165, 1.54) is 0 Å². The van der Waals surface area contributed by atoms with Crippen LogP contribution in [0.3, 0.4) is 0 Å². The van der Waals surface area contributed by atoms with E-state index in [2.05, 4.69) is 10.6 Å². The standard InChI is InChI=1S/C24H24N2O3/c1-3-18-9-7-8-17(2)24(18)26-23(28)16-22(27)25-19-12-14-21(15-13-19)29-20-10-5-4-6-11-20/h4-15H,3,16H2,1-2H3,(H,25,27)(H,26,28). The lowest BCUT2D eigenvalue weighted by atomic mass is 10.1. The second-order valence-corrected chi connectivity index (χ2v) is 6.68. The number of nitrogens with one attached hydrogen (secondary N) is 2. The smallest absolute Gasteiger partial charge is 0.233 e. The SMILES string of the molecule is CCc1cccc(C)c1NC(=O)CC(=O)Nc1ccc(Oc2ccccc2)cc1. The molecule has 0 aliphatic carbocycles. The monoisotopic (exact) mass is 388 g/mol. The minimum Gasteiger partial charge on any atom is -0.457 e. The maximum absolute atomic E-state index is 12.3. The van der Waals surface area contributed by atoms with E-state index in [9.17, 15) is 9.59 Å². The maximum atomic E-state index is 12.3. The van der Waals surface area contributed by atoms with Gasteiger partial charge in [0.05, 0.1) is 0 Å². The van der Waals surface area contributed by atoms with Crippen molar-refractivity contribution in [2.45, 2.75) is 26.7 Å². The van der Waals surface area contributed by atoms with Gasteiger partial charge in [0.15, 0.2) is 0 Å². The molecule has 0 atom stereocenters. The van der Waals surface area contributed by atoms with E-state index < -0.39 is 0 Å². The third-order valence-corrected chi connectivity index (χ3v) is 4.44. The number of hydrogen-bond donors (Lipinski definition) is 2. The zero-order valence-corrected chi connectivity index (χ0v) is 16.6. The number of para-hydroxylation sites is 2. The Balaban J connectivity index is 1.54. The highest BCUT2D eigenvalue weighted by Gasteiger charge is 2.13. The highest BCUT2D eigenvalue weighted by atomic mass is 16.5. The van der Waals surface area contributed by atoms with Crippen molar-refractivity contribution in [3.8, 4) is 11.5 Å². The van der Waals surface area contributed by atoms with Gasteiger partial charge in [-0.05, 0) is 60.9 Å². The molecule has 0 fully saturated rings. The molecule has 29 heavy (non-hydrogen) atoms. The Morgan fingerprint density at radius 3 is 2.14 bits per heavy atom. The minimum absolute atomic E-state index is 0.250. The van der Waals surface area contributed by atoms with Crippen LogP contribution in [0.2, 0.25) is 0 Å². The summed E-state index contributed by atoms with van der Waals surface area (Å²) in [6.45, 7) is 3.97. The van der Waals surface area contributed by atoms with Crippen molar-refractivity contribution in [1.29, 1.82) is 0 Å². The predicted molar refractivity (Wildman–Crippen MR) is 115 cm³/mol. The Morgan fingerprint density at radius 2 is 1.45 bits per heavy atom. The molecule has 3 rings (SSSR count). The van der Waals surface area contributed by atoms with Crippen LogP contribution in [0.4, 0.5) is 11.4 Å². The van der Waals surface area contributed by atoms with Crippen LogP contribution < -0.4 is 15.4 Å². The largest absolute Gasteiger partial charge is 0.457 e. The van der Waals surface area contributed by atoms with Gasteiger partial charge in [0.2, 0.25) is 11.8 Å². The summed E-state index contributed by atoms with van der Waals surface area (Å²) in [7, 11) is 0. The molecule has 0 radical (unpaired) electrons. The normalized spacial score (nSPS) is 10.3. The van der Waals surface area contributed by atoms with E-state index in [0.717, 1.165) is 29.0 Å². The average molecular weight is 388 g/mol. The molecular formula is C24H24N2O3. The van der Waals surface area contributed by atoms with Crippen LogP contribution >= 0.6 is 0 Å². The third-order valence-electron chi connectivity index (χ3n) is 4.44. The van der Waals surface area contributed by atoms with Gasteiger partial charge < -0.3 is 15.4 Å². The first kappa shape index (κ1) is 20.1. The van der Waals surface area contributed by atoms with E-state index in [-0.39, 0.29) is 18.2 Å². The van der Waals surface area contributed by atoms with Gasteiger partial charge in [0.25, 0.3) is 0 Å². The number of ether oxygens (including phenoxy) is 1. The Bertz CT molecular complexity index is 983. The molecule has 0 aliphatic rings. The Hall–Kier alpha value is -3.60. The van der Waals surface area contributed by atoms with Crippen LogP contribution in [-0.4, -0.2) is 11.8 Å². The number of amides is 2. The topological polar surface area (TPSA) is 67.4 Å². The molecule has 0 heterocycles. The number of hydrogen-bond acceptors (Lipinski definition) is 3. The number of anilines is 2. The molecular weight excluding hydrogens is 364 g/mol. The molecule has 5 nitrogen and oxygen atoms in total. The summed E-state index contributed by atoms with van der Waals surface area (Å²) >= 11 is 0. The second kappa shape index (κ2) is 9.55. The third kappa shape index (κ3) is 5.69. The molecule has 0 bridgehead atoms. The van der Waals surface area contributed by atoms with Gasteiger partial charge in [-0.1, -0.05) is 43.3 Å². The molecule has 0 unspecified atom stereocenters. The number of rotatable bonds is 7. The Kier molecular flexibility index (Phi) is 6.63. The zero-order valence-electron chi connectivity index (χ0n) is 16.6. The molecule has 2 amide bonds. The highest BCUT2D eigenvalue weighted by molar-refractivity contribution is 6.08. The zero-order chi connectivity index (χ0) is 20.6. The van der Waals surface area contributed by atoms with Crippen LogP contribution in [-0.2, 0) is 16.0 Å². The number of carbonyl (C=O) groups excluding carboxylic acids is 2. The van der Waals surface area contributed by atoms with Crippen molar-refractivity contribution in [3.05, 3.63) is 83.9 Å². The summed E-state index contributed by atoms with van der Waals surface area (Å²) < 4.78 is 5.73. The van der Waals surface area contributed by atoms with Gasteiger partial charge in [-0.25, -0.2) is 0 Å². The molecule has 3 aromatic rings. The summed E-state index contributed by atoms with van der Waals surface area (Å²) in [5, 5.41) is 5.60. The van der Waals surface area contributed by atoms with E-state index in [0.29, 0.717) is 11.4 Å². The Morgan fingerprint density at radius 1 is 0.793 bits per heavy atom. The minimum atomic E-state index is -0.370. The Labute approximate surface area is 170 Å². The summed E-state index contributed by atoms with van der Waals surface area (Å²) in [4.78, 5) is 24.5. The van der Waals surface area contributed by atoms with Crippen molar-refractivity contribution in [1.82, 2.24) is 0 Å². The van der Waals surface area contributed by atoms with Crippen LogP contribution in [0.5, 0.6) is 11.5 Å². The average Bonchev–Trinajstić information content (AvgIpc) is 2.71. The summed E-state index contributed by atoms with van der Waals surface area (Å²) in [6, 6.07) is 22.3. The summed E-state index contributed by atoms with van der Waals surface area (Å²) in [5.41, 5.74) is 3.42. The van der Waals surface area contributed by atoms with Crippen molar-refractivity contribution in [3.63, 3.8) is 0 Å². The first-order valence-electron chi connectivity index (χ1n) is 9.56. The van der Waals surface area contributed by atoms with Gasteiger partial charge >= 0.3 is 0 Å². The molecule has 2 N–H and O–H groups in total. The molecule has 0 saturated heterocycles. The van der Waals surface area contributed by atoms with Crippen LogP contribution in [0.1, 0.15) is 24.5 Å². The van der Waals surface area contributed by atoms with Crippen LogP contribution in [0, 0.1) is 6.92 Å². The van der Waals surface area contributed by atoms with Crippen molar-refractivity contribution < 1.29 is 14.3 Å². The van der Waals surface area contributed by atoms with E-state index >= 15 is 0 Å². The fourth-order valence-electron chi connectivity index (χ4n) is 2.97. The highest BCUT2D eigenvalue weighted by Crippen LogP contribution is 2.23. The molecule has 148 valence electrons.